The average molecular weight is 373 g/mol. The number of carbonyl (C=O) groups is 1. The van der Waals surface area contributed by atoms with Gasteiger partial charge in [-0.25, -0.2) is 4.98 Å². The number of carbonyl (C=O) groups excluding carboxylic acids is 1. The van der Waals surface area contributed by atoms with Crippen molar-refractivity contribution in [2.45, 2.75) is 17.5 Å². The lowest BCUT2D eigenvalue weighted by Gasteiger charge is -2.35. The van der Waals surface area contributed by atoms with Gasteiger partial charge < -0.3 is 4.90 Å². The van der Waals surface area contributed by atoms with E-state index < -0.39 is 0 Å². The maximum atomic E-state index is 12.9. The lowest BCUT2D eigenvalue weighted by Crippen LogP contribution is -2.40. The normalized spacial score (nSPS) is 16.8. The lowest BCUT2D eigenvalue weighted by molar-refractivity contribution is -0.130. The highest BCUT2D eigenvalue weighted by Gasteiger charge is 2.33. The second-order valence-corrected chi connectivity index (χ2v) is 8.49. The zero-order valence-electron chi connectivity index (χ0n) is 12.9. The van der Waals surface area contributed by atoms with Crippen molar-refractivity contribution < 1.29 is 4.79 Å². The molecule has 0 radical (unpaired) electrons. The number of aromatic nitrogens is 1. The van der Waals surface area contributed by atoms with Gasteiger partial charge in [0, 0.05) is 22.5 Å². The van der Waals surface area contributed by atoms with Crippen LogP contribution in [-0.2, 0) is 11.2 Å². The topological polar surface area (TPSA) is 33.2 Å². The molecule has 0 aliphatic carbocycles. The smallest absolute Gasteiger partial charge is 0.233 e. The molecule has 6 heteroatoms. The molecule has 122 valence electrons. The zero-order valence-corrected chi connectivity index (χ0v) is 15.4. The maximum absolute atomic E-state index is 12.9. The molecular formula is C18H16N2OS3. The fourth-order valence-electron chi connectivity index (χ4n) is 2.99. The van der Waals surface area contributed by atoms with E-state index in [9.17, 15) is 4.79 Å². The summed E-state index contributed by atoms with van der Waals surface area (Å²) in [6.07, 6.45) is 2.72. The highest BCUT2D eigenvalue weighted by Crippen LogP contribution is 2.39. The minimum Gasteiger partial charge on any atom is -0.330 e. The van der Waals surface area contributed by atoms with Gasteiger partial charge in [0.05, 0.1) is 16.8 Å². The zero-order chi connectivity index (χ0) is 16.4. The first kappa shape index (κ1) is 15.9. The Morgan fingerprint density at radius 3 is 2.96 bits per heavy atom. The second kappa shape index (κ2) is 7.09. The molecular weight excluding hydrogens is 356 g/mol. The number of pyridine rings is 1. The van der Waals surface area contributed by atoms with E-state index in [0.717, 1.165) is 18.0 Å². The minimum absolute atomic E-state index is 0.0665. The molecule has 0 saturated heterocycles. The van der Waals surface area contributed by atoms with E-state index in [1.807, 2.05) is 23.1 Å². The summed E-state index contributed by atoms with van der Waals surface area (Å²) >= 11 is 5.03. The quantitative estimate of drug-likeness (QED) is 0.634. The SMILES string of the molecule is O=C(CSc1ccccn1)N1CCc2sccc2C1c1cccs1. The summed E-state index contributed by atoms with van der Waals surface area (Å²) in [6.45, 7) is 0.789. The molecule has 3 aromatic rings. The highest BCUT2D eigenvalue weighted by atomic mass is 32.2. The first-order valence-electron chi connectivity index (χ1n) is 7.76. The number of fused-ring (bicyclic) bond motifs is 1. The molecule has 1 aliphatic rings. The number of hydrogen-bond donors (Lipinski definition) is 0. The number of thioether (sulfide) groups is 1. The van der Waals surface area contributed by atoms with Crippen LogP contribution in [0.25, 0.3) is 0 Å². The number of rotatable bonds is 4. The molecule has 1 unspecified atom stereocenters. The summed E-state index contributed by atoms with van der Waals surface area (Å²) in [6, 6.07) is 12.2. The van der Waals surface area contributed by atoms with Gasteiger partial charge in [-0.05, 0) is 47.0 Å². The Labute approximate surface area is 153 Å². The van der Waals surface area contributed by atoms with Crippen molar-refractivity contribution in [3.8, 4) is 0 Å². The third-order valence-corrected chi connectivity index (χ3v) is 6.93. The van der Waals surface area contributed by atoms with Crippen molar-refractivity contribution >= 4 is 40.3 Å². The molecule has 0 bridgehead atoms. The van der Waals surface area contributed by atoms with Gasteiger partial charge in [-0.3, -0.25) is 4.79 Å². The van der Waals surface area contributed by atoms with Gasteiger partial charge in [-0.15, -0.1) is 22.7 Å². The maximum Gasteiger partial charge on any atom is 0.233 e. The third-order valence-electron chi connectivity index (χ3n) is 4.08. The van der Waals surface area contributed by atoms with Crippen LogP contribution in [0.3, 0.4) is 0 Å². The first-order valence-corrected chi connectivity index (χ1v) is 10.5. The monoisotopic (exact) mass is 372 g/mol. The first-order chi connectivity index (χ1) is 11.8. The number of hydrogen-bond acceptors (Lipinski definition) is 5. The Morgan fingerprint density at radius 2 is 2.17 bits per heavy atom. The van der Waals surface area contributed by atoms with E-state index in [1.165, 1.54) is 27.1 Å². The van der Waals surface area contributed by atoms with E-state index in [2.05, 4.69) is 33.9 Å². The predicted molar refractivity (Wildman–Crippen MR) is 101 cm³/mol. The molecule has 0 fully saturated rings. The molecule has 4 rings (SSSR count). The van der Waals surface area contributed by atoms with E-state index in [0.29, 0.717) is 5.75 Å². The van der Waals surface area contributed by atoms with E-state index in [1.54, 1.807) is 28.9 Å². The van der Waals surface area contributed by atoms with Gasteiger partial charge >= 0.3 is 0 Å². The molecule has 4 heterocycles. The lowest BCUT2D eigenvalue weighted by atomic mass is 9.98. The number of amides is 1. The van der Waals surface area contributed by atoms with Crippen molar-refractivity contribution in [3.05, 3.63) is 68.7 Å². The van der Waals surface area contributed by atoms with Crippen molar-refractivity contribution in [1.29, 1.82) is 0 Å². The Balaban J connectivity index is 1.56. The Hall–Kier alpha value is -1.63. The van der Waals surface area contributed by atoms with Crippen LogP contribution < -0.4 is 0 Å². The van der Waals surface area contributed by atoms with Crippen LogP contribution in [0.4, 0.5) is 0 Å². The fraction of sp³-hybridized carbons (Fsp3) is 0.222. The number of nitrogens with zero attached hydrogens (tertiary/aromatic N) is 2. The van der Waals surface area contributed by atoms with Gasteiger partial charge in [0.25, 0.3) is 0 Å². The molecule has 1 amide bonds. The Morgan fingerprint density at radius 1 is 1.21 bits per heavy atom. The molecule has 3 nitrogen and oxygen atoms in total. The molecule has 0 saturated carbocycles. The van der Waals surface area contributed by atoms with Crippen LogP contribution in [0.5, 0.6) is 0 Å². The molecule has 3 aromatic heterocycles. The van der Waals surface area contributed by atoms with Gasteiger partial charge in [0.15, 0.2) is 0 Å². The minimum atomic E-state index is 0.0665. The van der Waals surface area contributed by atoms with Crippen molar-refractivity contribution in [1.82, 2.24) is 9.88 Å². The standard InChI is InChI=1S/C18H16N2OS3/c21-17(12-24-16-5-1-2-8-19-16)20-9-6-14-13(7-11-23-14)18(20)15-4-3-10-22-15/h1-5,7-8,10-11,18H,6,9,12H2. The fourth-order valence-corrected chi connectivity index (χ4v) is 5.50. The van der Waals surface area contributed by atoms with Crippen LogP contribution in [0.2, 0.25) is 0 Å². The largest absolute Gasteiger partial charge is 0.330 e. The van der Waals surface area contributed by atoms with E-state index >= 15 is 0 Å². The Bertz CT molecular complexity index is 814. The van der Waals surface area contributed by atoms with Crippen molar-refractivity contribution in [3.63, 3.8) is 0 Å². The summed E-state index contributed by atoms with van der Waals surface area (Å²) in [5.74, 6) is 0.610. The summed E-state index contributed by atoms with van der Waals surface area (Å²) in [5.41, 5.74) is 1.30. The molecule has 0 N–H and O–H groups in total. The Kier molecular flexibility index (Phi) is 4.69. The van der Waals surface area contributed by atoms with Crippen LogP contribution in [0, 0.1) is 0 Å². The van der Waals surface area contributed by atoms with Crippen LogP contribution in [-0.4, -0.2) is 28.1 Å². The molecule has 1 atom stereocenters. The van der Waals surface area contributed by atoms with Gasteiger partial charge in [0.2, 0.25) is 5.91 Å². The second-order valence-electron chi connectivity index (χ2n) is 5.51. The van der Waals surface area contributed by atoms with Crippen molar-refractivity contribution in [2.75, 3.05) is 12.3 Å². The third kappa shape index (κ3) is 3.14. The van der Waals surface area contributed by atoms with Gasteiger partial charge in [-0.2, -0.15) is 0 Å². The van der Waals surface area contributed by atoms with Crippen LogP contribution >= 0.6 is 34.4 Å². The van der Waals surface area contributed by atoms with Crippen molar-refractivity contribution in [2.24, 2.45) is 0 Å². The van der Waals surface area contributed by atoms with Gasteiger partial charge in [0.1, 0.15) is 0 Å². The molecule has 0 aromatic carbocycles. The van der Waals surface area contributed by atoms with Crippen LogP contribution in [0.15, 0.2) is 58.4 Å². The average Bonchev–Trinajstić information content (AvgIpc) is 3.31. The predicted octanol–water partition coefficient (Wildman–Crippen LogP) is 4.47. The summed E-state index contributed by atoms with van der Waals surface area (Å²) in [7, 11) is 0. The molecule has 1 aliphatic heterocycles. The van der Waals surface area contributed by atoms with E-state index in [-0.39, 0.29) is 11.9 Å². The van der Waals surface area contributed by atoms with Crippen LogP contribution in [0.1, 0.15) is 21.4 Å². The molecule has 0 spiro atoms. The number of thiophene rings is 2. The van der Waals surface area contributed by atoms with E-state index in [4.69, 9.17) is 0 Å². The highest BCUT2D eigenvalue weighted by molar-refractivity contribution is 7.99. The van der Waals surface area contributed by atoms with Gasteiger partial charge in [-0.1, -0.05) is 23.9 Å². The molecule has 24 heavy (non-hydrogen) atoms. The summed E-state index contributed by atoms with van der Waals surface area (Å²) < 4.78 is 0. The summed E-state index contributed by atoms with van der Waals surface area (Å²) in [4.78, 5) is 21.9. The summed E-state index contributed by atoms with van der Waals surface area (Å²) in [5, 5.41) is 5.12.